The van der Waals surface area contributed by atoms with Crippen molar-refractivity contribution in [3.63, 3.8) is 0 Å². The number of methoxy groups -OCH3 is 1. The molecule has 0 aliphatic rings. The maximum absolute atomic E-state index is 6.07. The third kappa shape index (κ3) is 3.67. The minimum Gasteiger partial charge on any atom is -0.384 e. The summed E-state index contributed by atoms with van der Waals surface area (Å²) in [4.78, 5) is 0. The van der Waals surface area contributed by atoms with Crippen molar-refractivity contribution >= 4 is 17.3 Å². The lowest BCUT2D eigenvalue weighted by Gasteiger charge is -2.24. The molecule has 1 aromatic carbocycles. The number of nitrogens with one attached hydrogen (secondary N) is 1. The number of rotatable bonds is 6. The summed E-state index contributed by atoms with van der Waals surface area (Å²) < 4.78 is 5.13. The molecule has 0 aromatic heterocycles. The Hall–Kier alpha value is -0.770. The number of halogens is 1. The third-order valence-electron chi connectivity index (χ3n) is 2.59. The van der Waals surface area contributed by atoms with Gasteiger partial charge in [0.15, 0.2) is 0 Å². The van der Waals surface area contributed by atoms with E-state index in [2.05, 4.69) is 12.2 Å². The standard InChI is InChI=1S/C12H19ClN2O/c1-9(8-16-2)12(7-14)15-11-6-4-3-5-10(11)13/h3-6,9,12,15H,7-8,14H2,1-2H3. The van der Waals surface area contributed by atoms with Crippen molar-refractivity contribution in [3.05, 3.63) is 29.3 Å². The monoisotopic (exact) mass is 242 g/mol. The first-order valence-electron chi connectivity index (χ1n) is 5.39. The second kappa shape index (κ2) is 6.74. The van der Waals surface area contributed by atoms with Crippen molar-refractivity contribution < 1.29 is 4.74 Å². The highest BCUT2D eigenvalue weighted by atomic mass is 35.5. The van der Waals surface area contributed by atoms with Crippen LogP contribution in [-0.4, -0.2) is 26.3 Å². The molecule has 1 aromatic rings. The van der Waals surface area contributed by atoms with Gasteiger partial charge in [-0.1, -0.05) is 30.7 Å². The van der Waals surface area contributed by atoms with E-state index in [4.69, 9.17) is 22.1 Å². The lowest BCUT2D eigenvalue weighted by molar-refractivity contribution is 0.151. The Labute approximate surface area is 102 Å². The van der Waals surface area contributed by atoms with Crippen LogP contribution in [0.5, 0.6) is 0 Å². The number of hydrogen-bond donors (Lipinski definition) is 2. The van der Waals surface area contributed by atoms with Gasteiger partial charge in [-0.2, -0.15) is 0 Å². The van der Waals surface area contributed by atoms with Gasteiger partial charge in [-0.15, -0.1) is 0 Å². The van der Waals surface area contributed by atoms with Gasteiger partial charge in [-0.05, 0) is 12.1 Å². The van der Waals surface area contributed by atoms with E-state index in [1.165, 1.54) is 0 Å². The normalized spacial score (nSPS) is 14.5. The predicted molar refractivity (Wildman–Crippen MR) is 69.0 cm³/mol. The van der Waals surface area contributed by atoms with Crippen LogP contribution in [0.3, 0.4) is 0 Å². The molecule has 90 valence electrons. The second-order valence-corrected chi connectivity index (χ2v) is 4.31. The van der Waals surface area contributed by atoms with Crippen molar-refractivity contribution in [1.82, 2.24) is 0 Å². The van der Waals surface area contributed by atoms with E-state index in [1.54, 1.807) is 7.11 Å². The van der Waals surface area contributed by atoms with E-state index in [0.29, 0.717) is 24.1 Å². The third-order valence-corrected chi connectivity index (χ3v) is 2.91. The molecular formula is C12H19ClN2O. The zero-order chi connectivity index (χ0) is 12.0. The van der Waals surface area contributed by atoms with Gasteiger partial charge in [0, 0.05) is 25.6 Å². The van der Waals surface area contributed by atoms with E-state index in [1.807, 2.05) is 24.3 Å². The van der Waals surface area contributed by atoms with Crippen molar-refractivity contribution in [3.8, 4) is 0 Å². The highest BCUT2D eigenvalue weighted by Gasteiger charge is 2.16. The zero-order valence-corrected chi connectivity index (χ0v) is 10.5. The minimum atomic E-state index is 0.167. The molecule has 3 N–H and O–H groups in total. The highest BCUT2D eigenvalue weighted by molar-refractivity contribution is 6.33. The minimum absolute atomic E-state index is 0.167. The molecule has 3 nitrogen and oxygen atoms in total. The van der Waals surface area contributed by atoms with Crippen LogP contribution in [0.1, 0.15) is 6.92 Å². The molecule has 2 atom stereocenters. The second-order valence-electron chi connectivity index (χ2n) is 3.90. The van der Waals surface area contributed by atoms with E-state index < -0.39 is 0 Å². The first-order valence-corrected chi connectivity index (χ1v) is 5.77. The summed E-state index contributed by atoms with van der Waals surface area (Å²) in [7, 11) is 1.69. The number of benzene rings is 1. The number of ether oxygens (including phenoxy) is 1. The Balaban J connectivity index is 2.66. The molecule has 0 spiro atoms. The van der Waals surface area contributed by atoms with E-state index >= 15 is 0 Å². The van der Waals surface area contributed by atoms with Crippen molar-refractivity contribution in [1.29, 1.82) is 0 Å². The Morgan fingerprint density at radius 1 is 1.44 bits per heavy atom. The van der Waals surface area contributed by atoms with Crippen LogP contribution in [0.2, 0.25) is 5.02 Å². The maximum atomic E-state index is 6.07. The van der Waals surface area contributed by atoms with Gasteiger partial charge in [0.25, 0.3) is 0 Å². The molecule has 0 aliphatic carbocycles. The molecule has 4 heteroatoms. The zero-order valence-electron chi connectivity index (χ0n) is 9.74. The van der Waals surface area contributed by atoms with E-state index in [9.17, 15) is 0 Å². The lowest BCUT2D eigenvalue weighted by Crippen LogP contribution is -2.37. The summed E-state index contributed by atoms with van der Waals surface area (Å²) in [5.41, 5.74) is 6.66. The van der Waals surface area contributed by atoms with Gasteiger partial charge >= 0.3 is 0 Å². The molecule has 0 aliphatic heterocycles. The molecule has 1 rings (SSSR count). The molecular weight excluding hydrogens is 224 g/mol. The fraction of sp³-hybridized carbons (Fsp3) is 0.500. The number of nitrogens with two attached hydrogens (primary N) is 1. The molecule has 0 bridgehead atoms. The topological polar surface area (TPSA) is 47.3 Å². The average Bonchev–Trinajstić information content (AvgIpc) is 2.28. The molecule has 16 heavy (non-hydrogen) atoms. The summed E-state index contributed by atoms with van der Waals surface area (Å²) in [6, 6.07) is 7.83. The van der Waals surface area contributed by atoms with Crippen LogP contribution in [0.4, 0.5) is 5.69 Å². The van der Waals surface area contributed by atoms with Crippen molar-refractivity contribution in [2.24, 2.45) is 11.7 Å². The van der Waals surface area contributed by atoms with Gasteiger partial charge in [-0.3, -0.25) is 0 Å². The summed E-state index contributed by atoms with van der Waals surface area (Å²) in [5, 5.41) is 4.06. The maximum Gasteiger partial charge on any atom is 0.0637 e. The molecule has 0 heterocycles. The van der Waals surface area contributed by atoms with Crippen LogP contribution in [0.25, 0.3) is 0 Å². The molecule has 0 amide bonds. The predicted octanol–water partition coefficient (Wildman–Crippen LogP) is 2.36. The van der Waals surface area contributed by atoms with Crippen LogP contribution < -0.4 is 11.1 Å². The quantitative estimate of drug-likeness (QED) is 0.805. The first kappa shape index (κ1) is 13.3. The fourth-order valence-corrected chi connectivity index (χ4v) is 1.78. The van der Waals surface area contributed by atoms with Crippen LogP contribution in [-0.2, 0) is 4.74 Å². The molecule has 0 saturated heterocycles. The summed E-state index contributed by atoms with van der Waals surface area (Å²) in [6.07, 6.45) is 0. The smallest absolute Gasteiger partial charge is 0.0637 e. The Morgan fingerprint density at radius 2 is 2.12 bits per heavy atom. The summed E-state index contributed by atoms with van der Waals surface area (Å²) >= 11 is 6.07. The van der Waals surface area contributed by atoms with Gasteiger partial charge in [0.2, 0.25) is 0 Å². The van der Waals surface area contributed by atoms with Crippen LogP contribution in [0, 0.1) is 5.92 Å². The van der Waals surface area contributed by atoms with Crippen molar-refractivity contribution in [2.75, 3.05) is 25.6 Å². The van der Waals surface area contributed by atoms with Gasteiger partial charge < -0.3 is 15.8 Å². The Kier molecular flexibility index (Phi) is 5.60. The summed E-state index contributed by atoms with van der Waals surface area (Å²) in [5.74, 6) is 0.339. The van der Waals surface area contributed by atoms with Gasteiger partial charge in [0.1, 0.15) is 0 Å². The van der Waals surface area contributed by atoms with Crippen molar-refractivity contribution in [2.45, 2.75) is 13.0 Å². The van der Waals surface area contributed by atoms with Gasteiger partial charge in [0.05, 0.1) is 17.3 Å². The number of anilines is 1. The SMILES string of the molecule is COCC(C)C(CN)Nc1ccccc1Cl. The molecule has 0 fully saturated rings. The van der Waals surface area contributed by atoms with E-state index in [-0.39, 0.29) is 6.04 Å². The lowest BCUT2D eigenvalue weighted by atomic mass is 10.0. The summed E-state index contributed by atoms with van der Waals surface area (Å²) in [6.45, 7) is 3.33. The van der Waals surface area contributed by atoms with Crippen LogP contribution >= 0.6 is 11.6 Å². The largest absolute Gasteiger partial charge is 0.384 e. The molecule has 2 unspecified atom stereocenters. The van der Waals surface area contributed by atoms with E-state index in [0.717, 1.165) is 5.69 Å². The Bertz CT molecular complexity index is 320. The number of hydrogen-bond acceptors (Lipinski definition) is 3. The van der Waals surface area contributed by atoms with Gasteiger partial charge in [-0.25, -0.2) is 0 Å². The molecule has 0 saturated carbocycles. The first-order chi connectivity index (χ1) is 7.69. The van der Waals surface area contributed by atoms with Crippen LogP contribution in [0.15, 0.2) is 24.3 Å². The highest BCUT2D eigenvalue weighted by Crippen LogP contribution is 2.22. The number of para-hydroxylation sites is 1. The average molecular weight is 243 g/mol. The molecule has 0 radical (unpaired) electrons. The Morgan fingerprint density at radius 3 is 2.69 bits per heavy atom. The fourth-order valence-electron chi connectivity index (χ4n) is 1.59.